The topological polar surface area (TPSA) is 66.5 Å². The van der Waals surface area contributed by atoms with Crippen molar-refractivity contribution in [3.05, 3.63) is 29.8 Å². The minimum Gasteiger partial charge on any atom is -0.338 e. The Hall–Kier alpha value is -1.40. The van der Waals surface area contributed by atoms with Crippen molar-refractivity contribution in [2.45, 2.75) is 30.4 Å². The van der Waals surface area contributed by atoms with Crippen LogP contribution in [0.5, 0.6) is 0 Å². The second-order valence-corrected chi connectivity index (χ2v) is 8.53. The molecule has 0 saturated carbocycles. The Morgan fingerprint density at radius 2 is 2.05 bits per heavy atom. The van der Waals surface area contributed by atoms with Crippen LogP contribution in [-0.2, 0) is 9.84 Å². The lowest BCUT2D eigenvalue weighted by Crippen LogP contribution is -2.31. The number of hydrogen-bond donors (Lipinski definition) is 1. The second-order valence-electron chi connectivity index (χ2n) is 6.05. The molecule has 0 spiro atoms. The van der Waals surface area contributed by atoms with Gasteiger partial charge in [-0.25, -0.2) is 8.42 Å². The molecule has 1 amide bonds. The van der Waals surface area contributed by atoms with Crippen LogP contribution < -0.4 is 5.32 Å². The van der Waals surface area contributed by atoms with Crippen LogP contribution in [0.2, 0.25) is 0 Å². The fourth-order valence-electron chi connectivity index (χ4n) is 2.79. The van der Waals surface area contributed by atoms with E-state index in [1.54, 1.807) is 36.9 Å². The van der Waals surface area contributed by atoms with E-state index in [0.717, 1.165) is 13.0 Å². The van der Waals surface area contributed by atoms with E-state index in [9.17, 15) is 13.2 Å². The van der Waals surface area contributed by atoms with Gasteiger partial charge in [-0.05, 0) is 51.9 Å². The molecule has 1 aliphatic rings. The molecule has 122 valence electrons. The van der Waals surface area contributed by atoms with E-state index >= 15 is 0 Å². The number of benzene rings is 1. The van der Waals surface area contributed by atoms with Gasteiger partial charge in [-0.1, -0.05) is 12.1 Å². The van der Waals surface area contributed by atoms with E-state index in [1.807, 2.05) is 7.05 Å². The molecule has 1 atom stereocenters. The smallest absolute Gasteiger partial charge is 0.255 e. The highest BCUT2D eigenvalue weighted by molar-refractivity contribution is 7.92. The quantitative estimate of drug-likeness (QED) is 0.892. The van der Waals surface area contributed by atoms with Crippen LogP contribution in [0, 0.1) is 5.92 Å². The molecule has 1 N–H and O–H groups in total. The molecule has 0 radical (unpaired) electrons. The van der Waals surface area contributed by atoms with Gasteiger partial charge in [0.25, 0.3) is 5.91 Å². The van der Waals surface area contributed by atoms with Gasteiger partial charge in [-0.3, -0.25) is 4.79 Å². The number of sulfone groups is 1. The summed E-state index contributed by atoms with van der Waals surface area (Å²) in [5.41, 5.74) is 0.293. The zero-order chi connectivity index (χ0) is 16.3. The lowest BCUT2D eigenvalue weighted by Gasteiger charge is -2.19. The van der Waals surface area contributed by atoms with E-state index in [0.29, 0.717) is 24.6 Å². The van der Waals surface area contributed by atoms with Gasteiger partial charge < -0.3 is 10.2 Å². The van der Waals surface area contributed by atoms with Crippen LogP contribution in [0.15, 0.2) is 29.2 Å². The van der Waals surface area contributed by atoms with Gasteiger partial charge >= 0.3 is 0 Å². The first-order valence-corrected chi connectivity index (χ1v) is 9.19. The zero-order valence-corrected chi connectivity index (χ0v) is 14.2. The molecule has 1 saturated heterocycles. The minimum absolute atomic E-state index is 0.145. The first-order chi connectivity index (χ1) is 10.4. The Balaban J connectivity index is 2.29. The minimum atomic E-state index is -3.47. The normalized spacial score (nSPS) is 18.9. The number of carbonyl (C=O) groups is 1. The molecule has 5 nitrogen and oxygen atoms in total. The molecular weight excluding hydrogens is 300 g/mol. The zero-order valence-electron chi connectivity index (χ0n) is 13.4. The van der Waals surface area contributed by atoms with Crippen molar-refractivity contribution in [1.29, 1.82) is 0 Å². The fraction of sp³-hybridized carbons (Fsp3) is 0.562. The van der Waals surface area contributed by atoms with Crippen LogP contribution in [0.1, 0.15) is 30.6 Å². The van der Waals surface area contributed by atoms with Crippen molar-refractivity contribution < 1.29 is 13.2 Å². The Kier molecular flexibility index (Phi) is 5.24. The molecule has 0 unspecified atom stereocenters. The van der Waals surface area contributed by atoms with Gasteiger partial charge in [0.1, 0.15) is 0 Å². The van der Waals surface area contributed by atoms with E-state index < -0.39 is 15.1 Å². The first kappa shape index (κ1) is 17.0. The van der Waals surface area contributed by atoms with E-state index in [-0.39, 0.29) is 10.8 Å². The standard InChI is InChI=1S/C16H24N2O3S/c1-12(2)22(20,21)15-7-5-4-6-14(15)16(19)18-9-8-13(11-18)10-17-3/h4-7,12-13,17H,8-11H2,1-3H3/t13-/m1/s1. The molecule has 1 aliphatic heterocycles. The van der Waals surface area contributed by atoms with Crippen molar-refractivity contribution >= 4 is 15.7 Å². The highest BCUT2D eigenvalue weighted by Gasteiger charge is 2.31. The van der Waals surface area contributed by atoms with E-state index in [4.69, 9.17) is 0 Å². The first-order valence-electron chi connectivity index (χ1n) is 7.64. The third kappa shape index (κ3) is 3.33. The summed E-state index contributed by atoms with van der Waals surface area (Å²) in [5, 5.41) is 2.58. The molecule has 0 aliphatic carbocycles. The van der Waals surface area contributed by atoms with E-state index in [1.165, 1.54) is 6.07 Å². The summed E-state index contributed by atoms with van der Waals surface area (Å²) in [7, 11) is -1.57. The third-order valence-electron chi connectivity index (χ3n) is 4.11. The van der Waals surface area contributed by atoms with E-state index in [2.05, 4.69) is 5.32 Å². The van der Waals surface area contributed by atoms with Gasteiger partial charge in [0.05, 0.1) is 15.7 Å². The highest BCUT2D eigenvalue weighted by atomic mass is 32.2. The van der Waals surface area contributed by atoms with Gasteiger partial charge in [0.2, 0.25) is 0 Å². The van der Waals surface area contributed by atoms with Crippen LogP contribution >= 0.6 is 0 Å². The molecule has 1 heterocycles. The summed E-state index contributed by atoms with van der Waals surface area (Å²) in [4.78, 5) is 14.6. The van der Waals surface area contributed by atoms with Crippen molar-refractivity contribution in [1.82, 2.24) is 10.2 Å². The number of hydrogen-bond acceptors (Lipinski definition) is 4. The lowest BCUT2D eigenvalue weighted by molar-refractivity contribution is 0.0783. The molecule has 1 aromatic rings. The third-order valence-corrected chi connectivity index (χ3v) is 6.32. The summed E-state index contributed by atoms with van der Waals surface area (Å²) in [6.07, 6.45) is 0.950. The number of rotatable bonds is 5. The maximum absolute atomic E-state index is 12.7. The Labute approximate surface area is 132 Å². The number of likely N-dealkylation sites (tertiary alicyclic amines) is 1. The summed E-state index contributed by atoms with van der Waals surface area (Å²) >= 11 is 0. The monoisotopic (exact) mass is 324 g/mol. The average Bonchev–Trinajstić information content (AvgIpc) is 2.95. The largest absolute Gasteiger partial charge is 0.338 e. The van der Waals surface area contributed by atoms with Crippen molar-refractivity contribution in [2.24, 2.45) is 5.92 Å². The van der Waals surface area contributed by atoms with Crippen LogP contribution in [0.3, 0.4) is 0 Å². The highest BCUT2D eigenvalue weighted by Crippen LogP contribution is 2.24. The summed E-state index contributed by atoms with van der Waals surface area (Å²) < 4.78 is 24.9. The molecular formula is C16H24N2O3S. The van der Waals surface area contributed by atoms with Crippen LogP contribution in [-0.4, -0.2) is 51.2 Å². The average molecular weight is 324 g/mol. The lowest BCUT2D eigenvalue weighted by atomic mass is 10.1. The number of nitrogens with one attached hydrogen (secondary N) is 1. The Bertz CT molecular complexity index is 641. The van der Waals surface area contributed by atoms with Gasteiger partial charge in [-0.2, -0.15) is 0 Å². The maximum Gasteiger partial charge on any atom is 0.255 e. The van der Waals surface area contributed by atoms with Crippen molar-refractivity contribution in [3.63, 3.8) is 0 Å². The van der Waals surface area contributed by atoms with Crippen molar-refractivity contribution in [2.75, 3.05) is 26.7 Å². The van der Waals surface area contributed by atoms with Gasteiger partial charge in [0.15, 0.2) is 9.84 Å². The summed E-state index contributed by atoms with van der Waals surface area (Å²) in [5.74, 6) is 0.251. The molecule has 1 fully saturated rings. The summed E-state index contributed by atoms with van der Waals surface area (Å²) in [6, 6.07) is 6.53. The van der Waals surface area contributed by atoms with Gasteiger partial charge in [-0.15, -0.1) is 0 Å². The predicted octanol–water partition coefficient (Wildman–Crippen LogP) is 1.55. The van der Waals surface area contributed by atoms with Crippen molar-refractivity contribution in [3.8, 4) is 0 Å². The van der Waals surface area contributed by atoms with Crippen LogP contribution in [0.25, 0.3) is 0 Å². The maximum atomic E-state index is 12.7. The number of amides is 1. The Morgan fingerprint density at radius 3 is 2.68 bits per heavy atom. The predicted molar refractivity (Wildman–Crippen MR) is 86.7 cm³/mol. The second kappa shape index (κ2) is 6.79. The SMILES string of the molecule is CNC[C@H]1CCN(C(=O)c2ccccc2S(=O)(=O)C(C)C)C1. The molecule has 0 aromatic heterocycles. The molecule has 0 bridgehead atoms. The van der Waals surface area contributed by atoms with Crippen LogP contribution in [0.4, 0.5) is 0 Å². The number of carbonyl (C=O) groups excluding carboxylic acids is 1. The Morgan fingerprint density at radius 1 is 1.36 bits per heavy atom. The molecule has 2 rings (SSSR count). The fourth-order valence-corrected chi connectivity index (χ4v) is 4.03. The summed E-state index contributed by atoms with van der Waals surface area (Å²) in [6.45, 7) is 5.50. The molecule has 22 heavy (non-hydrogen) atoms. The number of nitrogens with zero attached hydrogens (tertiary/aromatic N) is 1. The van der Waals surface area contributed by atoms with Gasteiger partial charge in [0, 0.05) is 13.1 Å². The molecule has 6 heteroatoms. The molecule has 1 aromatic carbocycles.